The number of hydrogen-bond acceptors (Lipinski definition) is 7. The van der Waals surface area contributed by atoms with Crippen LogP contribution in [0, 0.1) is 6.92 Å². The minimum absolute atomic E-state index is 0.109. The number of hydrogen-bond donors (Lipinski definition) is 3. The Balaban J connectivity index is 1.50. The van der Waals surface area contributed by atoms with E-state index in [2.05, 4.69) is 25.9 Å². The second kappa shape index (κ2) is 7.43. The number of carbonyl (C=O) groups excluding carboxylic acids is 1. The van der Waals surface area contributed by atoms with Crippen LogP contribution >= 0.6 is 0 Å². The van der Waals surface area contributed by atoms with Gasteiger partial charge in [-0.3, -0.25) is 4.79 Å². The fourth-order valence-corrected chi connectivity index (χ4v) is 2.78. The van der Waals surface area contributed by atoms with E-state index in [4.69, 9.17) is 9.47 Å². The zero-order valence-electron chi connectivity index (χ0n) is 15.4. The molecule has 1 amide bonds. The lowest BCUT2D eigenvalue weighted by Gasteiger charge is -2.11. The molecular weight excluding hydrogens is 358 g/mol. The molecule has 1 aromatic heterocycles. The molecule has 3 N–H and O–H groups in total. The summed E-state index contributed by atoms with van der Waals surface area (Å²) in [6.07, 6.45) is 0. The smallest absolute Gasteiger partial charge is 0.231 e. The van der Waals surface area contributed by atoms with Gasteiger partial charge in [-0.1, -0.05) is 0 Å². The molecule has 0 atom stereocenters. The van der Waals surface area contributed by atoms with E-state index in [0.717, 1.165) is 28.5 Å². The maximum Gasteiger partial charge on any atom is 0.231 e. The van der Waals surface area contributed by atoms with E-state index in [0.29, 0.717) is 17.5 Å². The maximum absolute atomic E-state index is 11.1. The first-order chi connectivity index (χ1) is 13.5. The average molecular weight is 377 g/mol. The number of amides is 1. The second-order valence-corrected chi connectivity index (χ2v) is 6.29. The highest BCUT2D eigenvalue weighted by Gasteiger charge is 2.13. The molecular formula is C20H19N5O3. The Bertz CT molecular complexity index is 1020. The van der Waals surface area contributed by atoms with Crippen molar-refractivity contribution in [1.82, 2.24) is 9.97 Å². The number of nitrogens with zero attached hydrogens (tertiary/aromatic N) is 2. The number of ether oxygens (including phenoxy) is 2. The summed E-state index contributed by atoms with van der Waals surface area (Å²) >= 11 is 0. The third kappa shape index (κ3) is 4.12. The Morgan fingerprint density at radius 2 is 1.61 bits per heavy atom. The highest BCUT2D eigenvalue weighted by molar-refractivity contribution is 5.88. The van der Waals surface area contributed by atoms with Crippen LogP contribution in [0.25, 0.3) is 0 Å². The standard InChI is InChI=1S/C20H19N5O3/c1-12-9-19(23-16-7-8-17-18(10-16)28-11-27-17)25-20(21-12)24-15-5-3-14(4-6-15)22-13(2)26/h3-10H,11H2,1-2H3,(H,22,26)(H2,21,23,24,25). The highest BCUT2D eigenvalue weighted by Crippen LogP contribution is 2.35. The maximum atomic E-state index is 11.1. The molecule has 2 heterocycles. The molecule has 28 heavy (non-hydrogen) atoms. The summed E-state index contributed by atoms with van der Waals surface area (Å²) in [5.41, 5.74) is 3.20. The Morgan fingerprint density at radius 3 is 2.39 bits per heavy atom. The van der Waals surface area contributed by atoms with E-state index in [1.165, 1.54) is 6.92 Å². The van der Waals surface area contributed by atoms with Crippen LogP contribution in [0.5, 0.6) is 11.5 Å². The van der Waals surface area contributed by atoms with Crippen LogP contribution in [0.2, 0.25) is 0 Å². The van der Waals surface area contributed by atoms with Crippen LogP contribution in [0.3, 0.4) is 0 Å². The third-order valence-electron chi connectivity index (χ3n) is 3.96. The van der Waals surface area contributed by atoms with Gasteiger partial charge in [0, 0.05) is 41.8 Å². The molecule has 1 aliphatic heterocycles. The van der Waals surface area contributed by atoms with E-state index < -0.39 is 0 Å². The molecule has 4 rings (SSSR count). The Hall–Kier alpha value is -3.81. The van der Waals surface area contributed by atoms with Gasteiger partial charge in [-0.2, -0.15) is 4.98 Å². The SMILES string of the molecule is CC(=O)Nc1ccc(Nc2nc(C)cc(Nc3ccc4c(c3)OCO4)n2)cc1. The topological polar surface area (TPSA) is 97.4 Å². The number of aromatic nitrogens is 2. The van der Waals surface area contributed by atoms with Crippen LogP contribution in [0.15, 0.2) is 48.5 Å². The van der Waals surface area contributed by atoms with Gasteiger partial charge in [-0.15, -0.1) is 0 Å². The normalized spacial score (nSPS) is 11.8. The number of fused-ring (bicyclic) bond motifs is 1. The summed E-state index contributed by atoms with van der Waals surface area (Å²) in [7, 11) is 0. The van der Waals surface area contributed by atoms with Gasteiger partial charge in [0.1, 0.15) is 5.82 Å². The first-order valence-electron chi connectivity index (χ1n) is 8.72. The summed E-state index contributed by atoms with van der Waals surface area (Å²) in [6.45, 7) is 3.61. The van der Waals surface area contributed by atoms with Gasteiger partial charge in [0.2, 0.25) is 18.6 Å². The molecule has 0 bridgehead atoms. The van der Waals surface area contributed by atoms with Crippen molar-refractivity contribution in [3.8, 4) is 11.5 Å². The number of carbonyl (C=O) groups is 1. The molecule has 0 radical (unpaired) electrons. The molecule has 8 heteroatoms. The fraction of sp³-hybridized carbons (Fsp3) is 0.150. The van der Waals surface area contributed by atoms with E-state index in [1.54, 1.807) is 0 Å². The molecule has 1 aliphatic rings. The Kier molecular flexibility index (Phi) is 4.67. The molecule has 3 aromatic rings. The third-order valence-corrected chi connectivity index (χ3v) is 3.96. The molecule has 8 nitrogen and oxygen atoms in total. The van der Waals surface area contributed by atoms with Crippen molar-refractivity contribution in [2.24, 2.45) is 0 Å². The molecule has 0 saturated carbocycles. The Labute approximate surface area is 161 Å². The van der Waals surface area contributed by atoms with Crippen molar-refractivity contribution in [1.29, 1.82) is 0 Å². The lowest BCUT2D eigenvalue weighted by atomic mass is 10.2. The van der Waals surface area contributed by atoms with Crippen LogP contribution in [0.4, 0.5) is 28.8 Å². The van der Waals surface area contributed by atoms with Crippen LogP contribution in [0.1, 0.15) is 12.6 Å². The van der Waals surface area contributed by atoms with Crippen molar-refractivity contribution in [2.75, 3.05) is 22.7 Å². The van der Waals surface area contributed by atoms with Crippen molar-refractivity contribution in [2.45, 2.75) is 13.8 Å². The van der Waals surface area contributed by atoms with Crippen molar-refractivity contribution in [3.05, 3.63) is 54.2 Å². The van der Waals surface area contributed by atoms with Gasteiger partial charge in [0.05, 0.1) is 0 Å². The average Bonchev–Trinajstić information content (AvgIpc) is 3.10. The van der Waals surface area contributed by atoms with E-state index in [9.17, 15) is 4.79 Å². The molecule has 2 aromatic carbocycles. The quantitative estimate of drug-likeness (QED) is 0.619. The zero-order chi connectivity index (χ0) is 19.5. The molecule has 0 fully saturated rings. The minimum Gasteiger partial charge on any atom is -0.454 e. The largest absolute Gasteiger partial charge is 0.454 e. The Morgan fingerprint density at radius 1 is 0.893 bits per heavy atom. The molecule has 142 valence electrons. The predicted octanol–water partition coefficient (Wildman–Crippen LogP) is 3.96. The van der Waals surface area contributed by atoms with Gasteiger partial charge in [-0.25, -0.2) is 4.98 Å². The molecule has 0 aliphatic carbocycles. The fourth-order valence-electron chi connectivity index (χ4n) is 2.78. The first kappa shape index (κ1) is 17.6. The highest BCUT2D eigenvalue weighted by atomic mass is 16.7. The minimum atomic E-state index is -0.109. The number of benzene rings is 2. The molecule has 0 saturated heterocycles. The zero-order valence-corrected chi connectivity index (χ0v) is 15.4. The molecule has 0 spiro atoms. The summed E-state index contributed by atoms with van der Waals surface area (Å²) in [5.74, 6) is 2.45. The van der Waals surface area contributed by atoms with Gasteiger partial charge in [0.15, 0.2) is 11.5 Å². The van der Waals surface area contributed by atoms with Crippen LogP contribution in [-0.2, 0) is 4.79 Å². The summed E-state index contributed by atoms with van der Waals surface area (Å²) < 4.78 is 10.7. The summed E-state index contributed by atoms with van der Waals surface area (Å²) in [6, 6.07) is 14.8. The van der Waals surface area contributed by atoms with Crippen LogP contribution < -0.4 is 25.4 Å². The lowest BCUT2D eigenvalue weighted by Crippen LogP contribution is -2.06. The van der Waals surface area contributed by atoms with Gasteiger partial charge in [-0.05, 0) is 43.3 Å². The van der Waals surface area contributed by atoms with Crippen molar-refractivity contribution in [3.63, 3.8) is 0 Å². The number of anilines is 5. The summed E-state index contributed by atoms with van der Waals surface area (Å²) in [5, 5.41) is 9.16. The van der Waals surface area contributed by atoms with Gasteiger partial charge in [0.25, 0.3) is 0 Å². The predicted molar refractivity (Wildman–Crippen MR) is 107 cm³/mol. The van der Waals surface area contributed by atoms with E-state index in [-0.39, 0.29) is 12.7 Å². The second-order valence-electron chi connectivity index (χ2n) is 6.29. The van der Waals surface area contributed by atoms with E-state index in [1.807, 2.05) is 55.5 Å². The first-order valence-corrected chi connectivity index (χ1v) is 8.72. The summed E-state index contributed by atoms with van der Waals surface area (Å²) in [4.78, 5) is 20.0. The van der Waals surface area contributed by atoms with Gasteiger partial charge < -0.3 is 25.4 Å². The monoisotopic (exact) mass is 377 g/mol. The van der Waals surface area contributed by atoms with Crippen LogP contribution in [-0.4, -0.2) is 22.7 Å². The van der Waals surface area contributed by atoms with Crippen molar-refractivity contribution >= 4 is 34.7 Å². The lowest BCUT2D eigenvalue weighted by molar-refractivity contribution is -0.114. The molecule has 0 unspecified atom stereocenters. The number of rotatable bonds is 5. The van der Waals surface area contributed by atoms with E-state index >= 15 is 0 Å². The number of aryl methyl sites for hydroxylation is 1. The van der Waals surface area contributed by atoms with Crippen molar-refractivity contribution < 1.29 is 14.3 Å². The number of nitrogens with one attached hydrogen (secondary N) is 3. The van der Waals surface area contributed by atoms with Gasteiger partial charge >= 0.3 is 0 Å².